The molecule has 0 bridgehead atoms. The van der Waals surface area contributed by atoms with Crippen LogP contribution in [0.5, 0.6) is 0 Å². The van der Waals surface area contributed by atoms with Crippen molar-refractivity contribution in [1.29, 1.82) is 0 Å². The van der Waals surface area contributed by atoms with Gasteiger partial charge in [-0.25, -0.2) is 4.98 Å². The van der Waals surface area contributed by atoms with Crippen molar-refractivity contribution in [2.24, 2.45) is 11.7 Å². The molecule has 7 heteroatoms. The maximum absolute atomic E-state index is 12.6. The molecule has 1 aliphatic heterocycles. The number of benzene rings is 2. The minimum atomic E-state index is -0.211. The third-order valence-corrected chi connectivity index (χ3v) is 6.36. The third-order valence-electron chi connectivity index (χ3n) is 5.51. The van der Waals surface area contributed by atoms with Crippen LogP contribution < -0.4 is 11.1 Å². The number of aromatic nitrogens is 1. The van der Waals surface area contributed by atoms with Crippen LogP contribution in [-0.2, 0) is 17.8 Å². The molecule has 0 radical (unpaired) electrons. The second-order valence-corrected chi connectivity index (χ2v) is 8.86. The Bertz CT molecular complexity index is 1030. The van der Waals surface area contributed by atoms with Gasteiger partial charge in [0, 0.05) is 30.6 Å². The number of hydrogen-bond donors (Lipinski definition) is 2. The highest BCUT2D eigenvalue weighted by molar-refractivity contribution is 7.09. The highest BCUT2D eigenvalue weighted by atomic mass is 32.1. The second kappa shape index (κ2) is 9.85. The minimum absolute atomic E-state index is 0.0581. The lowest BCUT2D eigenvalue weighted by atomic mass is 9.97. The van der Waals surface area contributed by atoms with E-state index in [-0.39, 0.29) is 17.7 Å². The van der Waals surface area contributed by atoms with Crippen molar-refractivity contribution in [3.05, 3.63) is 81.8 Å². The first-order chi connectivity index (χ1) is 15.1. The Labute approximate surface area is 186 Å². The van der Waals surface area contributed by atoms with Gasteiger partial charge in [0.2, 0.25) is 5.91 Å². The molecule has 2 amide bonds. The predicted molar refractivity (Wildman–Crippen MR) is 123 cm³/mol. The van der Waals surface area contributed by atoms with Crippen LogP contribution in [0.4, 0.5) is 5.69 Å². The summed E-state index contributed by atoms with van der Waals surface area (Å²) in [6.45, 7) is 2.45. The van der Waals surface area contributed by atoms with E-state index in [9.17, 15) is 9.59 Å². The third kappa shape index (κ3) is 5.77. The van der Waals surface area contributed by atoms with E-state index in [4.69, 9.17) is 5.73 Å². The summed E-state index contributed by atoms with van der Waals surface area (Å²) in [4.78, 5) is 30.8. The van der Waals surface area contributed by atoms with Crippen LogP contribution in [0.1, 0.15) is 39.5 Å². The molecule has 1 atom stereocenters. The Balaban J connectivity index is 1.31. The van der Waals surface area contributed by atoms with Gasteiger partial charge in [0.15, 0.2) is 0 Å². The summed E-state index contributed by atoms with van der Waals surface area (Å²) < 4.78 is 0. The van der Waals surface area contributed by atoms with E-state index in [0.29, 0.717) is 12.2 Å². The maximum Gasteiger partial charge on any atom is 0.275 e. The highest BCUT2D eigenvalue weighted by Crippen LogP contribution is 2.20. The number of primary amides is 1. The number of nitrogens with zero attached hydrogens (tertiary/aromatic N) is 2. The van der Waals surface area contributed by atoms with Crippen molar-refractivity contribution < 1.29 is 9.59 Å². The molecule has 1 aromatic heterocycles. The summed E-state index contributed by atoms with van der Waals surface area (Å²) in [5.41, 5.74) is 8.96. The van der Waals surface area contributed by atoms with Crippen molar-refractivity contribution in [3.63, 3.8) is 0 Å². The fraction of sp³-hybridized carbons (Fsp3) is 0.292. The lowest BCUT2D eigenvalue weighted by molar-refractivity contribution is -0.123. The second-order valence-electron chi connectivity index (χ2n) is 7.92. The van der Waals surface area contributed by atoms with E-state index >= 15 is 0 Å². The van der Waals surface area contributed by atoms with Gasteiger partial charge in [0.25, 0.3) is 5.91 Å². The summed E-state index contributed by atoms with van der Waals surface area (Å²) in [5, 5.41) is 5.64. The van der Waals surface area contributed by atoms with Crippen LogP contribution >= 0.6 is 11.3 Å². The van der Waals surface area contributed by atoms with E-state index in [0.717, 1.165) is 48.6 Å². The lowest BCUT2D eigenvalue weighted by Gasteiger charge is -2.31. The van der Waals surface area contributed by atoms with E-state index < -0.39 is 0 Å². The molecular formula is C24H26N4O2S. The predicted octanol–water partition coefficient (Wildman–Crippen LogP) is 3.68. The first-order valence-corrected chi connectivity index (χ1v) is 11.3. The van der Waals surface area contributed by atoms with Gasteiger partial charge in [0.1, 0.15) is 5.69 Å². The number of carbonyl (C=O) groups is 2. The zero-order valence-corrected chi connectivity index (χ0v) is 18.1. The number of nitrogens with two attached hydrogens (primary N) is 1. The number of rotatable bonds is 7. The van der Waals surface area contributed by atoms with Gasteiger partial charge in [-0.05, 0) is 42.6 Å². The van der Waals surface area contributed by atoms with Crippen molar-refractivity contribution in [1.82, 2.24) is 9.88 Å². The Morgan fingerprint density at radius 1 is 1.10 bits per heavy atom. The molecule has 160 valence electrons. The zero-order chi connectivity index (χ0) is 21.6. The normalized spacial score (nSPS) is 16.7. The molecule has 2 aromatic carbocycles. The summed E-state index contributed by atoms with van der Waals surface area (Å²) >= 11 is 1.50. The first kappa shape index (κ1) is 21.2. The molecule has 2 heterocycles. The fourth-order valence-electron chi connectivity index (χ4n) is 3.85. The number of hydrogen-bond acceptors (Lipinski definition) is 5. The van der Waals surface area contributed by atoms with E-state index in [1.165, 1.54) is 16.9 Å². The van der Waals surface area contributed by atoms with Crippen LogP contribution in [0, 0.1) is 5.92 Å². The molecule has 0 aliphatic carbocycles. The van der Waals surface area contributed by atoms with Crippen LogP contribution in [-0.4, -0.2) is 34.8 Å². The number of nitrogens with one attached hydrogen (secondary N) is 1. The van der Waals surface area contributed by atoms with Gasteiger partial charge in [0.05, 0.1) is 10.9 Å². The van der Waals surface area contributed by atoms with Crippen LogP contribution in [0.3, 0.4) is 0 Å². The van der Waals surface area contributed by atoms with Crippen LogP contribution in [0.2, 0.25) is 0 Å². The molecule has 1 saturated heterocycles. The molecule has 6 nitrogen and oxygen atoms in total. The largest absolute Gasteiger partial charge is 0.369 e. The molecule has 1 unspecified atom stereocenters. The summed E-state index contributed by atoms with van der Waals surface area (Å²) in [7, 11) is 0. The van der Waals surface area contributed by atoms with E-state index in [1.807, 2.05) is 42.5 Å². The van der Waals surface area contributed by atoms with Gasteiger partial charge in [-0.15, -0.1) is 11.3 Å². The summed E-state index contributed by atoms with van der Waals surface area (Å²) in [6, 6.07) is 17.9. The van der Waals surface area contributed by atoms with Crippen LogP contribution in [0.25, 0.3) is 0 Å². The minimum Gasteiger partial charge on any atom is -0.369 e. The topological polar surface area (TPSA) is 88.3 Å². The van der Waals surface area contributed by atoms with Gasteiger partial charge in [-0.1, -0.05) is 42.5 Å². The molecule has 31 heavy (non-hydrogen) atoms. The molecule has 0 saturated carbocycles. The Morgan fingerprint density at radius 3 is 2.61 bits per heavy atom. The molecular weight excluding hydrogens is 408 g/mol. The van der Waals surface area contributed by atoms with Crippen molar-refractivity contribution in [3.8, 4) is 0 Å². The standard InChI is InChI=1S/C24H26N4O2S/c25-23(29)19-7-4-12-28(15-19)14-18-8-10-20(11-9-18)26-24(30)21-16-31-22(27-21)13-17-5-2-1-3-6-17/h1-3,5-6,8-11,16,19H,4,7,12-15H2,(H2,25,29)(H,26,30). The molecule has 3 N–H and O–H groups in total. The number of thiazole rings is 1. The Kier molecular flexibility index (Phi) is 6.74. The van der Waals surface area contributed by atoms with E-state index in [1.54, 1.807) is 5.38 Å². The lowest BCUT2D eigenvalue weighted by Crippen LogP contribution is -2.40. The molecule has 4 rings (SSSR count). The van der Waals surface area contributed by atoms with Gasteiger partial charge < -0.3 is 11.1 Å². The molecule has 1 aliphatic rings. The number of carbonyl (C=O) groups excluding carboxylic acids is 2. The molecule has 3 aromatic rings. The SMILES string of the molecule is NC(=O)C1CCCN(Cc2ccc(NC(=O)c3csc(Cc4ccccc4)n3)cc2)C1. The first-order valence-electron chi connectivity index (χ1n) is 10.5. The Hall–Kier alpha value is -3.03. The van der Waals surface area contributed by atoms with Gasteiger partial charge in [-0.2, -0.15) is 0 Å². The number of piperidine rings is 1. The smallest absolute Gasteiger partial charge is 0.275 e. The number of amides is 2. The van der Waals surface area contributed by atoms with Gasteiger partial charge in [-0.3, -0.25) is 14.5 Å². The zero-order valence-electron chi connectivity index (χ0n) is 17.3. The summed E-state index contributed by atoms with van der Waals surface area (Å²) in [6.07, 6.45) is 2.59. The average molecular weight is 435 g/mol. The van der Waals surface area contributed by atoms with Crippen LogP contribution in [0.15, 0.2) is 60.0 Å². The fourth-order valence-corrected chi connectivity index (χ4v) is 4.65. The van der Waals surface area contributed by atoms with Crippen molar-refractivity contribution in [2.45, 2.75) is 25.8 Å². The quantitative estimate of drug-likeness (QED) is 0.594. The van der Waals surface area contributed by atoms with Crippen molar-refractivity contribution >= 4 is 28.8 Å². The molecule has 0 spiro atoms. The Morgan fingerprint density at radius 2 is 1.87 bits per heavy atom. The summed E-state index contributed by atoms with van der Waals surface area (Å²) in [5.74, 6) is -0.474. The van der Waals surface area contributed by atoms with Crippen molar-refractivity contribution in [2.75, 3.05) is 18.4 Å². The average Bonchev–Trinajstić information content (AvgIpc) is 3.25. The van der Waals surface area contributed by atoms with E-state index in [2.05, 4.69) is 27.3 Å². The highest BCUT2D eigenvalue weighted by Gasteiger charge is 2.23. The number of likely N-dealkylation sites (tertiary alicyclic amines) is 1. The number of anilines is 1. The van der Waals surface area contributed by atoms with Gasteiger partial charge >= 0.3 is 0 Å². The monoisotopic (exact) mass is 434 g/mol. The maximum atomic E-state index is 12.6. The molecule has 1 fully saturated rings.